The highest BCUT2D eigenvalue weighted by molar-refractivity contribution is 5.85. The molecule has 2 aliphatic rings. The predicted molar refractivity (Wildman–Crippen MR) is 117 cm³/mol. The van der Waals surface area contributed by atoms with Gasteiger partial charge < -0.3 is 19.5 Å². The van der Waals surface area contributed by atoms with E-state index in [0.29, 0.717) is 24.3 Å². The number of oxazole rings is 1. The largest absolute Gasteiger partial charge is 0.423 e. The first-order valence-corrected chi connectivity index (χ1v) is 9.80. The first-order chi connectivity index (χ1) is 12.7. The SMILES string of the molecule is Cc1ccc2oc(N3CCN(C(=O)CCC4CCNCC4)CC3)nc2c1.Cl.Cl. The highest BCUT2D eigenvalue weighted by Gasteiger charge is 2.24. The second-order valence-corrected chi connectivity index (χ2v) is 7.57. The Labute approximate surface area is 178 Å². The number of carbonyl (C=O) groups is 1. The fourth-order valence-corrected chi connectivity index (χ4v) is 3.96. The Morgan fingerprint density at radius 2 is 1.89 bits per heavy atom. The molecule has 0 bridgehead atoms. The summed E-state index contributed by atoms with van der Waals surface area (Å²) in [5.41, 5.74) is 2.91. The lowest BCUT2D eigenvalue weighted by Gasteiger charge is -2.34. The van der Waals surface area contributed by atoms with Crippen molar-refractivity contribution in [2.75, 3.05) is 44.2 Å². The van der Waals surface area contributed by atoms with E-state index in [4.69, 9.17) is 4.42 Å². The molecular weight excluding hydrogens is 399 g/mol. The van der Waals surface area contributed by atoms with E-state index in [1.807, 2.05) is 23.1 Å². The van der Waals surface area contributed by atoms with Crippen LogP contribution in [-0.4, -0.2) is 55.1 Å². The number of amides is 1. The molecule has 2 fully saturated rings. The summed E-state index contributed by atoms with van der Waals surface area (Å²) in [4.78, 5) is 21.3. The standard InChI is InChI=1S/C20H28N4O2.2ClH/c1-15-2-4-18-17(14-15)22-20(26-18)24-12-10-23(11-13-24)19(25)5-3-16-6-8-21-9-7-16;;/h2,4,14,16,21H,3,5-13H2,1H3;2*1H. The van der Waals surface area contributed by atoms with Gasteiger partial charge in [-0.05, 0) is 62.9 Å². The molecular formula is C20H30Cl2N4O2. The fourth-order valence-electron chi connectivity index (χ4n) is 3.96. The minimum atomic E-state index is 0. The number of aryl methyl sites for hydroxylation is 1. The van der Waals surface area contributed by atoms with Crippen LogP contribution in [0.3, 0.4) is 0 Å². The Hall–Kier alpha value is -1.50. The monoisotopic (exact) mass is 428 g/mol. The van der Waals surface area contributed by atoms with E-state index in [1.165, 1.54) is 18.4 Å². The van der Waals surface area contributed by atoms with Gasteiger partial charge in [-0.25, -0.2) is 0 Å². The maximum Gasteiger partial charge on any atom is 0.298 e. The highest BCUT2D eigenvalue weighted by atomic mass is 35.5. The molecule has 2 saturated heterocycles. The molecule has 0 saturated carbocycles. The lowest BCUT2D eigenvalue weighted by molar-refractivity contribution is -0.131. The van der Waals surface area contributed by atoms with Crippen LogP contribution in [0.5, 0.6) is 0 Å². The van der Waals surface area contributed by atoms with Crippen LogP contribution in [0.15, 0.2) is 22.6 Å². The summed E-state index contributed by atoms with van der Waals surface area (Å²) in [6.45, 7) is 7.33. The first kappa shape index (κ1) is 22.8. The van der Waals surface area contributed by atoms with E-state index in [-0.39, 0.29) is 24.8 Å². The smallest absolute Gasteiger partial charge is 0.298 e. The zero-order valence-electron chi connectivity index (χ0n) is 16.4. The Morgan fingerprint density at radius 1 is 1.18 bits per heavy atom. The Morgan fingerprint density at radius 3 is 2.61 bits per heavy atom. The zero-order chi connectivity index (χ0) is 17.9. The molecule has 1 aromatic carbocycles. The van der Waals surface area contributed by atoms with Gasteiger partial charge in [0.1, 0.15) is 5.52 Å². The topological polar surface area (TPSA) is 61.6 Å². The number of anilines is 1. The molecule has 156 valence electrons. The lowest BCUT2D eigenvalue weighted by atomic mass is 9.93. The maximum atomic E-state index is 12.5. The number of nitrogens with one attached hydrogen (secondary N) is 1. The Bertz CT molecular complexity index is 769. The van der Waals surface area contributed by atoms with Crippen molar-refractivity contribution in [3.63, 3.8) is 0 Å². The number of piperidine rings is 1. The maximum absolute atomic E-state index is 12.5. The predicted octanol–water partition coefficient (Wildman–Crippen LogP) is 3.41. The van der Waals surface area contributed by atoms with E-state index in [9.17, 15) is 4.79 Å². The number of fused-ring (bicyclic) bond motifs is 1. The van der Waals surface area contributed by atoms with Crippen molar-refractivity contribution in [1.82, 2.24) is 15.2 Å². The quantitative estimate of drug-likeness (QED) is 0.807. The minimum Gasteiger partial charge on any atom is -0.423 e. The van der Waals surface area contributed by atoms with Gasteiger partial charge in [0.25, 0.3) is 6.01 Å². The molecule has 8 heteroatoms. The van der Waals surface area contributed by atoms with Crippen molar-refractivity contribution >= 4 is 47.8 Å². The van der Waals surface area contributed by atoms with Crippen LogP contribution in [0.4, 0.5) is 6.01 Å². The third-order valence-corrected chi connectivity index (χ3v) is 5.66. The minimum absolute atomic E-state index is 0. The third kappa shape index (κ3) is 5.31. The van der Waals surface area contributed by atoms with E-state index >= 15 is 0 Å². The molecule has 0 unspecified atom stereocenters. The van der Waals surface area contributed by atoms with Crippen LogP contribution in [0.1, 0.15) is 31.2 Å². The summed E-state index contributed by atoms with van der Waals surface area (Å²) in [5, 5.41) is 3.38. The first-order valence-electron chi connectivity index (χ1n) is 9.80. The van der Waals surface area contributed by atoms with Gasteiger partial charge in [-0.1, -0.05) is 6.07 Å². The summed E-state index contributed by atoms with van der Waals surface area (Å²) in [6, 6.07) is 6.73. The molecule has 1 N–H and O–H groups in total. The van der Waals surface area contributed by atoms with Gasteiger partial charge in [0.15, 0.2) is 5.58 Å². The highest BCUT2D eigenvalue weighted by Crippen LogP contribution is 2.24. The second kappa shape index (κ2) is 10.3. The van der Waals surface area contributed by atoms with E-state index in [0.717, 1.165) is 56.8 Å². The number of aromatic nitrogens is 1. The summed E-state index contributed by atoms with van der Waals surface area (Å²) in [6.07, 6.45) is 4.13. The van der Waals surface area contributed by atoms with Crippen molar-refractivity contribution in [3.05, 3.63) is 23.8 Å². The zero-order valence-corrected chi connectivity index (χ0v) is 18.0. The van der Waals surface area contributed by atoms with Crippen molar-refractivity contribution in [2.24, 2.45) is 5.92 Å². The van der Waals surface area contributed by atoms with Gasteiger partial charge in [-0.15, -0.1) is 24.8 Å². The number of benzene rings is 1. The van der Waals surface area contributed by atoms with Crippen molar-refractivity contribution in [1.29, 1.82) is 0 Å². The van der Waals surface area contributed by atoms with Crippen molar-refractivity contribution in [2.45, 2.75) is 32.6 Å². The number of piperazine rings is 1. The van der Waals surface area contributed by atoms with Gasteiger partial charge >= 0.3 is 0 Å². The molecule has 0 radical (unpaired) electrons. The van der Waals surface area contributed by atoms with Crippen LogP contribution >= 0.6 is 24.8 Å². The lowest BCUT2D eigenvalue weighted by Crippen LogP contribution is -2.49. The third-order valence-electron chi connectivity index (χ3n) is 5.66. The average Bonchev–Trinajstić information content (AvgIpc) is 3.10. The molecule has 4 rings (SSSR count). The van der Waals surface area contributed by atoms with E-state index in [2.05, 4.69) is 22.1 Å². The number of hydrogen-bond donors (Lipinski definition) is 1. The summed E-state index contributed by atoms with van der Waals surface area (Å²) >= 11 is 0. The fraction of sp³-hybridized carbons (Fsp3) is 0.600. The Balaban J connectivity index is 0.00000140. The number of rotatable bonds is 4. The Kier molecular flexibility index (Phi) is 8.40. The molecule has 3 heterocycles. The summed E-state index contributed by atoms with van der Waals surface area (Å²) < 4.78 is 5.89. The van der Waals surface area contributed by atoms with Crippen molar-refractivity contribution in [3.8, 4) is 0 Å². The molecule has 2 aromatic rings. The molecule has 1 amide bonds. The molecule has 6 nitrogen and oxygen atoms in total. The van der Waals surface area contributed by atoms with Crippen LogP contribution in [0.2, 0.25) is 0 Å². The van der Waals surface area contributed by atoms with Gasteiger partial charge in [0, 0.05) is 32.6 Å². The molecule has 0 aliphatic carbocycles. The van der Waals surface area contributed by atoms with Gasteiger partial charge in [-0.3, -0.25) is 4.79 Å². The second-order valence-electron chi connectivity index (χ2n) is 7.57. The number of nitrogens with zero attached hydrogens (tertiary/aromatic N) is 3. The van der Waals surface area contributed by atoms with Crippen LogP contribution in [-0.2, 0) is 4.79 Å². The van der Waals surface area contributed by atoms with Crippen LogP contribution < -0.4 is 10.2 Å². The van der Waals surface area contributed by atoms with E-state index < -0.39 is 0 Å². The molecule has 0 atom stereocenters. The number of carbonyl (C=O) groups excluding carboxylic acids is 1. The number of halogens is 2. The molecule has 0 spiro atoms. The molecule has 1 aromatic heterocycles. The number of hydrogen-bond acceptors (Lipinski definition) is 5. The summed E-state index contributed by atoms with van der Waals surface area (Å²) in [7, 11) is 0. The van der Waals surface area contributed by atoms with E-state index in [1.54, 1.807) is 0 Å². The van der Waals surface area contributed by atoms with Crippen LogP contribution in [0, 0.1) is 12.8 Å². The average molecular weight is 429 g/mol. The van der Waals surface area contributed by atoms with Gasteiger partial charge in [0.2, 0.25) is 5.91 Å². The van der Waals surface area contributed by atoms with Gasteiger partial charge in [-0.2, -0.15) is 4.98 Å². The van der Waals surface area contributed by atoms with Crippen molar-refractivity contribution < 1.29 is 9.21 Å². The normalized spacial score (nSPS) is 17.9. The van der Waals surface area contributed by atoms with Gasteiger partial charge in [0.05, 0.1) is 0 Å². The van der Waals surface area contributed by atoms with Crippen LogP contribution in [0.25, 0.3) is 11.1 Å². The summed E-state index contributed by atoms with van der Waals surface area (Å²) in [5.74, 6) is 1.01. The molecule has 28 heavy (non-hydrogen) atoms. The molecule has 2 aliphatic heterocycles.